The summed E-state index contributed by atoms with van der Waals surface area (Å²) in [6, 6.07) is 10.3. The van der Waals surface area contributed by atoms with Crippen molar-refractivity contribution in [1.82, 2.24) is 10.7 Å². The molecule has 6 nitrogen and oxygen atoms in total. The number of benzene rings is 1. The van der Waals surface area contributed by atoms with Gasteiger partial charge < -0.3 is 10.4 Å². The van der Waals surface area contributed by atoms with Crippen molar-refractivity contribution in [2.24, 2.45) is 22.9 Å². The molecule has 0 unspecified atom stereocenters. The zero-order chi connectivity index (χ0) is 22.5. The number of carboxylic acid groups (broad SMARTS) is 1. The van der Waals surface area contributed by atoms with E-state index in [0.717, 1.165) is 57.1 Å². The van der Waals surface area contributed by atoms with Crippen molar-refractivity contribution in [3.8, 4) is 0 Å². The van der Waals surface area contributed by atoms with Crippen LogP contribution in [-0.2, 0) is 11.2 Å². The lowest BCUT2D eigenvalue weighted by Gasteiger charge is -2.26. The molecule has 0 spiro atoms. The van der Waals surface area contributed by atoms with Gasteiger partial charge in [-0.1, -0.05) is 50.6 Å². The van der Waals surface area contributed by atoms with Crippen LogP contribution in [0.2, 0.25) is 0 Å². The number of rotatable bonds is 12. The molecule has 1 aliphatic rings. The maximum Gasteiger partial charge on any atom is 0.335 e. The number of urea groups is 1. The van der Waals surface area contributed by atoms with Gasteiger partial charge in [0.1, 0.15) is 0 Å². The highest BCUT2D eigenvalue weighted by molar-refractivity contribution is 5.87. The van der Waals surface area contributed by atoms with Gasteiger partial charge >= 0.3 is 12.0 Å². The second-order valence-electron chi connectivity index (χ2n) is 8.84. The molecule has 3 N–H and O–H groups in total. The van der Waals surface area contributed by atoms with Gasteiger partial charge in [0.05, 0.1) is 5.92 Å². The van der Waals surface area contributed by atoms with Gasteiger partial charge in [-0.25, -0.2) is 10.2 Å². The van der Waals surface area contributed by atoms with E-state index in [0.29, 0.717) is 31.2 Å². The summed E-state index contributed by atoms with van der Waals surface area (Å²) >= 11 is 0. The molecule has 1 aromatic rings. The maximum absolute atomic E-state index is 12.2. The largest absolute Gasteiger partial charge is 0.481 e. The van der Waals surface area contributed by atoms with Crippen LogP contribution >= 0.6 is 0 Å². The van der Waals surface area contributed by atoms with Crippen LogP contribution in [0.25, 0.3) is 0 Å². The monoisotopic (exact) mass is 429 g/mol. The van der Waals surface area contributed by atoms with Gasteiger partial charge in [-0.15, -0.1) is 0 Å². The number of hydrogen-bond acceptors (Lipinski definition) is 3. The minimum absolute atomic E-state index is 0.222. The summed E-state index contributed by atoms with van der Waals surface area (Å²) in [4.78, 5) is 23.2. The van der Waals surface area contributed by atoms with E-state index in [1.807, 2.05) is 6.07 Å². The molecule has 6 heteroatoms. The van der Waals surface area contributed by atoms with Gasteiger partial charge in [-0.3, -0.25) is 4.79 Å². The summed E-state index contributed by atoms with van der Waals surface area (Å²) in [5.41, 5.74) is 5.11. The number of carbonyl (C=O) groups excluding carboxylic acids is 1. The Labute approximate surface area is 186 Å². The van der Waals surface area contributed by atoms with Crippen LogP contribution in [0.5, 0.6) is 0 Å². The number of carbonyl (C=O) groups is 2. The van der Waals surface area contributed by atoms with Crippen molar-refractivity contribution in [3.05, 3.63) is 35.9 Å². The van der Waals surface area contributed by atoms with Crippen LogP contribution in [0.3, 0.4) is 0 Å². The van der Waals surface area contributed by atoms with Crippen LogP contribution in [0.4, 0.5) is 4.79 Å². The number of amides is 2. The SMILES string of the molecule is CC[C@H](C)/C(CCCCCc1ccccc1)=N\NC(=O)NCC1CCC(C(=O)O)CC1. The molecule has 1 saturated carbocycles. The lowest BCUT2D eigenvalue weighted by atomic mass is 9.82. The van der Waals surface area contributed by atoms with Gasteiger partial charge in [0.2, 0.25) is 0 Å². The third-order valence-corrected chi connectivity index (χ3v) is 6.47. The Morgan fingerprint density at radius 2 is 1.81 bits per heavy atom. The highest BCUT2D eigenvalue weighted by atomic mass is 16.4. The van der Waals surface area contributed by atoms with Gasteiger partial charge in [-0.2, -0.15) is 5.10 Å². The van der Waals surface area contributed by atoms with Gasteiger partial charge in [0.15, 0.2) is 0 Å². The summed E-state index contributed by atoms with van der Waals surface area (Å²) < 4.78 is 0. The predicted molar refractivity (Wildman–Crippen MR) is 125 cm³/mol. The smallest absolute Gasteiger partial charge is 0.335 e. The summed E-state index contributed by atoms with van der Waals surface area (Å²) in [7, 11) is 0. The first-order valence-corrected chi connectivity index (χ1v) is 11.9. The fraction of sp³-hybridized carbons (Fsp3) is 0.640. The molecule has 2 rings (SSSR count). The van der Waals surface area contributed by atoms with E-state index in [4.69, 9.17) is 5.11 Å². The van der Waals surface area contributed by atoms with E-state index in [2.05, 4.69) is 54.0 Å². The molecule has 0 aliphatic heterocycles. The van der Waals surface area contributed by atoms with E-state index in [-0.39, 0.29) is 11.9 Å². The summed E-state index contributed by atoms with van der Waals surface area (Å²) in [5, 5.41) is 16.4. The highest BCUT2D eigenvalue weighted by Gasteiger charge is 2.25. The van der Waals surface area contributed by atoms with Gasteiger partial charge in [-0.05, 0) is 75.2 Å². The molecule has 0 radical (unpaired) electrons. The second-order valence-corrected chi connectivity index (χ2v) is 8.84. The summed E-state index contributed by atoms with van der Waals surface area (Å²) in [5.74, 6) is -0.221. The quantitative estimate of drug-likeness (QED) is 0.237. The van der Waals surface area contributed by atoms with Crippen molar-refractivity contribution in [2.45, 2.75) is 78.1 Å². The minimum Gasteiger partial charge on any atom is -0.481 e. The molecule has 0 aromatic heterocycles. The van der Waals surface area contributed by atoms with E-state index >= 15 is 0 Å². The molecule has 31 heavy (non-hydrogen) atoms. The molecule has 1 aromatic carbocycles. The Balaban J connectivity index is 1.67. The number of unbranched alkanes of at least 4 members (excludes halogenated alkanes) is 2. The molecule has 1 atom stereocenters. The van der Waals surface area contributed by atoms with Gasteiger partial charge in [0, 0.05) is 12.3 Å². The summed E-state index contributed by atoms with van der Waals surface area (Å²) in [6.45, 7) is 4.87. The molecule has 0 heterocycles. The fourth-order valence-corrected chi connectivity index (χ4v) is 4.12. The molecule has 1 fully saturated rings. The topological polar surface area (TPSA) is 90.8 Å². The normalized spacial score (nSPS) is 20.1. The first-order valence-electron chi connectivity index (χ1n) is 11.9. The van der Waals surface area contributed by atoms with E-state index in [9.17, 15) is 9.59 Å². The van der Waals surface area contributed by atoms with Crippen LogP contribution in [0.1, 0.15) is 77.2 Å². The minimum atomic E-state index is -0.698. The summed E-state index contributed by atoms with van der Waals surface area (Å²) in [6.07, 6.45) is 9.49. The van der Waals surface area contributed by atoms with Crippen LogP contribution in [-0.4, -0.2) is 29.4 Å². The number of hydrazone groups is 1. The average molecular weight is 430 g/mol. The first kappa shape index (κ1) is 24.9. The number of nitrogens with one attached hydrogen (secondary N) is 2. The Morgan fingerprint density at radius 1 is 1.10 bits per heavy atom. The van der Waals surface area contributed by atoms with Crippen LogP contribution in [0, 0.1) is 17.8 Å². The lowest BCUT2D eigenvalue weighted by Crippen LogP contribution is -2.37. The van der Waals surface area contributed by atoms with Gasteiger partial charge in [0.25, 0.3) is 0 Å². The lowest BCUT2D eigenvalue weighted by molar-refractivity contribution is -0.143. The molecular formula is C25H39N3O3. The number of nitrogens with zero attached hydrogens (tertiary/aromatic N) is 1. The number of carboxylic acids is 1. The number of hydrogen-bond donors (Lipinski definition) is 3. The fourth-order valence-electron chi connectivity index (χ4n) is 4.12. The molecule has 0 bridgehead atoms. The Hall–Kier alpha value is -2.37. The van der Waals surface area contributed by atoms with Crippen LogP contribution < -0.4 is 10.7 Å². The molecule has 172 valence electrons. The highest BCUT2D eigenvalue weighted by Crippen LogP contribution is 2.28. The van der Waals surface area contributed by atoms with Crippen molar-refractivity contribution in [3.63, 3.8) is 0 Å². The third kappa shape index (κ3) is 9.53. The Morgan fingerprint density at radius 3 is 2.45 bits per heavy atom. The van der Waals surface area contributed by atoms with Crippen molar-refractivity contribution < 1.29 is 14.7 Å². The maximum atomic E-state index is 12.2. The zero-order valence-electron chi connectivity index (χ0n) is 19.1. The molecular weight excluding hydrogens is 390 g/mol. The average Bonchev–Trinajstić information content (AvgIpc) is 2.79. The predicted octanol–water partition coefficient (Wildman–Crippen LogP) is 5.38. The van der Waals surface area contributed by atoms with Crippen LogP contribution in [0.15, 0.2) is 35.4 Å². The second kappa shape index (κ2) is 13.8. The van der Waals surface area contributed by atoms with Crippen molar-refractivity contribution in [1.29, 1.82) is 0 Å². The number of aliphatic carboxylic acids is 1. The zero-order valence-corrected chi connectivity index (χ0v) is 19.1. The number of aryl methyl sites for hydroxylation is 1. The Kier molecular flexibility index (Phi) is 11.1. The third-order valence-electron chi connectivity index (χ3n) is 6.47. The van der Waals surface area contributed by atoms with Crippen molar-refractivity contribution in [2.75, 3.05) is 6.54 Å². The van der Waals surface area contributed by atoms with E-state index in [1.54, 1.807) is 0 Å². The molecule has 2 amide bonds. The molecule has 1 aliphatic carbocycles. The van der Waals surface area contributed by atoms with E-state index < -0.39 is 5.97 Å². The first-order chi connectivity index (χ1) is 15.0. The standard InChI is InChI=1S/C25H39N3O3/c1-3-19(2)23(13-9-5-8-12-20-10-6-4-7-11-20)27-28-25(31)26-18-21-14-16-22(17-15-21)24(29)30/h4,6-7,10-11,19,21-22H,3,5,8-9,12-18H2,1-2H3,(H,29,30)(H2,26,28,31)/b27-23-/t19-,21?,22?/m0/s1. The molecule has 0 saturated heterocycles. The Bertz CT molecular complexity index is 697. The van der Waals surface area contributed by atoms with E-state index in [1.165, 1.54) is 5.56 Å². The van der Waals surface area contributed by atoms with Crippen molar-refractivity contribution >= 4 is 17.7 Å².